The molecular formula is C10H12F2O. The predicted octanol–water partition coefficient (Wildman–Crippen LogP) is 3.03. The Morgan fingerprint density at radius 2 is 1.77 bits per heavy atom. The van der Waals surface area contributed by atoms with E-state index in [1.54, 1.807) is 12.1 Å². The third-order valence-electron chi connectivity index (χ3n) is 1.51. The second-order valence-corrected chi connectivity index (χ2v) is 3.17. The Morgan fingerprint density at radius 3 is 2.23 bits per heavy atom. The van der Waals surface area contributed by atoms with Crippen LogP contribution in [0.3, 0.4) is 0 Å². The summed E-state index contributed by atoms with van der Waals surface area (Å²) >= 11 is 0. The van der Waals surface area contributed by atoms with Gasteiger partial charge in [-0.1, -0.05) is 17.7 Å². The molecule has 0 spiro atoms. The van der Waals surface area contributed by atoms with Crippen molar-refractivity contribution in [3.05, 3.63) is 29.8 Å². The normalized spacial score (nSPS) is 11.4. The van der Waals surface area contributed by atoms with Gasteiger partial charge in [-0.15, -0.1) is 0 Å². The lowest BCUT2D eigenvalue weighted by Gasteiger charge is -2.11. The molecule has 1 nitrogen and oxygen atoms in total. The average molecular weight is 186 g/mol. The number of ether oxygens (including phenoxy) is 1. The van der Waals surface area contributed by atoms with E-state index in [1.807, 2.05) is 19.1 Å². The summed E-state index contributed by atoms with van der Waals surface area (Å²) in [7, 11) is 0. The fraction of sp³-hybridized carbons (Fsp3) is 0.400. The maximum absolute atomic E-state index is 12.4. The first kappa shape index (κ1) is 9.96. The molecule has 0 fully saturated rings. The molecule has 1 aromatic carbocycles. The van der Waals surface area contributed by atoms with Crippen LogP contribution in [0, 0.1) is 6.92 Å². The minimum atomic E-state index is -2.77. The first-order chi connectivity index (χ1) is 5.97. The standard InChI is InChI=1S/C10H12F2O/c1-8-3-5-9(6-4-8)13-7-10(2,11)12/h3-6H,7H2,1-2H3. The number of hydrogen-bond acceptors (Lipinski definition) is 1. The summed E-state index contributed by atoms with van der Waals surface area (Å²) < 4.78 is 29.6. The third kappa shape index (κ3) is 3.87. The quantitative estimate of drug-likeness (QED) is 0.705. The van der Waals surface area contributed by atoms with E-state index in [0.29, 0.717) is 5.75 Å². The summed E-state index contributed by atoms with van der Waals surface area (Å²) in [5.41, 5.74) is 1.08. The van der Waals surface area contributed by atoms with Crippen LogP contribution in [0.5, 0.6) is 5.75 Å². The smallest absolute Gasteiger partial charge is 0.278 e. The zero-order chi connectivity index (χ0) is 9.90. The highest BCUT2D eigenvalue weighted by atomic mass is 19.3. The lowest BCUT2D eigenvalue weighted by atomic mass is 10.2. The van der Waals surface area contributed by atoms with E-state index >= 15 is 0 Å². The Bertz CT molecular complexity index is 261. The molecule has 0 aliphatic carbocycles. The van der Waals surface area contributed by atoms with E-state index in [4.69, 9.17) is 4.74 Å². The van der Waals surface area contributed by atoms with Crippen molar-refractivity contribution in [3.8, 4) is 5.75 Å². The number of halogens is 2. The van der Waals surface area contributed by atoms with Gasteiger partial charge in [0.25, 0.3) is 5.92 Å². The summed E-state index contributed by atoms with van der Waals surface area (Å²) in [6, 6.07) is 7.01. The van der Waals surface area contributed by atoms with Gasteiger partial charge in [0.15, 0.2) is 6.61 Å². The molecule has 0 saturated heterocycles. The van der Waals surface area contributed by atoms with Gasteiger partial charge < -0.3 is 4.74 Å². The summed E-state index contributed by atoms with van der Waals surface area (Å²) in [6.45, 7) is 2.19. The Labute approximate surface area is 76.3 Å². The van der Waals surface area contributed by atoms with Crippen LogP contribution in [0.4, 0.5) is 8.78 Å². The first-order valence-corrected chi connectivity index (χ1v) is 4.05. The summed E-state index contributed by atoms with van der Waals surface area (Å²) in [5, 5.41) is 0. The maximum Gasteiger partial charge on any atom is 0.278 e. The molecule has 1 aromatic rings. The van der Waals surface area contributed by atoms with Crippen LogP contribution in [-0.2, 0) is 0 Å². The molecule has 0 saturated carbocycles. The molecule has 0 aliphatic rings. The zero-order valence-electron chi connectivity index (χ0n) is 7.68. The minimum Gasteiger partial charge on any atom is -0.487 e. The van der Waals surface area contributed by atoms with Crippen molar-refractivity contribution in [1.82, 2.24) is 0 Å². The highest BCUT2D eigenvalue weighted by molar-refractivity contribution is 5.26. The van der Waals surface area contributed by atoms with Crippen LogP contribution in [0.2, 0.25) is 0 Å². The summed E-state index contributed by atoms with van der Waals surface area (Å²) in [5.74, 6) is -2.29. The van der Waals surface area contributed by atoms with Gasteiger partial charge in [0, 0.05) is 6.92 Å². The second-order valence-electron chi connectivity index (χ2n) is 3.17. The molecule has 13 heavy (non-hydrogen) atoms. The average Bonchev–Trinajstić information content (AvgIpc) is 2.02. The Hall–Kier alpha value is -1.12. The Morgan fingerprint density at radius 1 is 1.23 bits per heavy atom. The molecule has 0 aliphatic heterocycles. The lowest BCUT2D eigenvalue weighted by Crippen LogP contribution is -2.20. The number of rotatable bonds is 3. The van der Waals surface area contributed by atoms with Crippen LogP contribution in [0.1, 0.15) is 12.5 Å². The van der Waals surface area contributed by atoms with Crippen molar-refractivity contribution in [3.63, 3.8) is 0 Å². The molecule has 0 radical (unpaired) electrons. The van der Waals surface area contributed by atoms with Crippen LogP contribution in [0.15, 0.2) is 24.3 Å². The highest BCUT2D eigenvalue weighted by Gasteiger charge is 2.21. The van der Waals surface area contributed by atoms with E-state index in [9.17, 15) is 8.78 Å². The van der Waals surface area contributed by atoms with Crippen molar-refractivity contribution >= 4 is 0 Å². The van der Waals surface area contributed by atoms with Crippen molar-refractivity contribution in [2.45, 2.75) is 19.8 Å². The van der Waals surface area contributed by atoms with Gasteiger partial charge in [-0.3, -0.25) is 0 Å². The van der Waals surface area contributed by atoms with Crippen molar-refractivity contribution in [1.29, 1.82) is 0 Å². The zero-order valence-corrected chi connectivity index (χ0v) is 7.68. The van der Waals surface area contributed by atoms with Gasteiger partial charge in [-0.05, 0) is 19.1 Å². The number of benzene rings is 1. The van der Waals surface area contributed by atoms with Crippen LogP contribution in [-0.4, -0.2) is 12.5 Å². The molecule has 0 atom stereocenters. The third-order valence-corrected chi connectivity index (χ3v) is 1.51. The van der Waals surface area contributed by atoms with Crippen LogP contribution >= 0.6 is 0 Å². The van der Waals surface area contributed by atoms with Gasteiger partial charge in [0.1, 0.15) is 5.75 Å². The minimum absolute atomic E-state index is 0.479. The van der Waals surface area contributed by atoms with Crippen molar-refractivity contribution in [2.75, 3.05) is 6.61 Å². The number of alkyl halides is 2. The lowest BCUT2D eigenvalue weighted by molar-refractivity contribution is -0.0229. The molecule has 0 bridgehead atoms. The molecule has 72 valence electrons. The molecule has 3 heteroatoms. The van der Waals surface area contributed by atoms with Gasteiger partial charge in [-0.25, -0.2) is 8.78 Å². The van der Waals surface area contributed by atoms with Crippen molar-refractivity contribution in [2.24, 2.45) is 0 Å². The summed E-state index contributed by atoms with van der Waals surface area (Å²) in [6.07, 6.45) is 0. The molecule has 0 N–H and O–H groups in total. The highest BCUT2D eigenvalue weighted by Crippen LogP contribution is 2.16. The first-order valence-electron chi connectivity index (χ1n) is 4.05. The largest absolute Gasteiger partial charge is 0.487 e. The SMILES string of the molecule is Cc1ccc(OCC(C)(F)F)cc1. The monoisotopic (exact) mass is 186 g/mol. The van der Waals surface area contributed by atoms with Gasteiger partial charge in [-0.2, -0.15) is 0 Å². The molecule has 0 unspecified atom stereocenters. The molecule has 0 aromatic heterocycles. The number of aryl methyl sites for hydroxylation is 1. The van der Waals surface area contributed by atoms with E-state index in [2.05, 4.69) is 0 Å². The molecule has 1 rings (SSSR count). The second kappa shape index (κ2) is 3.73. The Balaban J connectivity index is 2.51. The van der Waals surface area contributed by atoms with Gasteiger partial charge in [0.05, 0.1) is 0 Å². The topological polar surface area (TPSA) is 9.23 Å². The van der Waals surface area contributed by atoms with Gasteiger partial charge >= 0.3 is 0 Å². The summed E-state index contributed by atoms with van der Waals surface area (Å²) in [4.78, 5) is 0. The fourth-order valence-electron chi connectivity index (χ4n) is 0.845. The predicted molar refractivity (Wildman–Crippen MR) is 47.3 cm³/mol. The molecular weight excluding hydrogens is 174 g/mol. The Kier molecular flexibility index (Phi) is 2.86. The fourth-order valence-corrected chi connectivity index (χ4v) is 0.845. The van der Waals surface area contributed by atoms with E-state index in [1.165, 1.54) is 0 Å². The molecule has 0 amide bonds. The van der Waals surface area contributed by atoms with Crippen LogP contribution in [0.25, 0.3) is 0 Å². The van der Waals surface area contributed by atoms with Crippen molar-refractivity contribution < 1.29 is 13.5 Å². The van der Waals surface area contributed by atoms with E-state index < -0.39 is 12.5 Å². The van der Waals surface area contributed by atoms with E-state index in [-0.39, 0.29) is 0 Å². The molecule has 0 heterocycles. The maximum atomic E-state index is 12.4. The van der Waals surface area contributed by atoms with Crippen LogP contribution < -0.4 is 4.74 Å². The van der Waals surface area contributed by atoms with Gasteiger partial charge in [0.2, 0.25) is 0 Å². The number of hydrogen-bond donors (Lipinski definition) is 0. The van der Waals surface area contributed by atoms with E-state index in [0.717, 1.165) is 12.5 Å².